The zero-order valence-corrected chi connectivity index (χ0v) is 16.8. The summed E-state index contributed by atoms with van der Waals surface area (Å²) in [7, 11) is 0. The molecule has 2 N–H and O–H groups in total. The van der Waals surface area contributed by atoms with E-state index in [4.69, 9.17) is 9.84 Å². The molecule has 1 heterocycles. The van der Waals surface area contributed by atoms with E-state index in [1.165, 1.54) is 12.1 Å². The fraction of sp³-hybridized carbons (Fsp3) is 0.217. The van der Waals surface area contributed by atoms with Crippen molar-refractivity contribution < 1.29 is 24.5 Å². The van der Waals surface area contributed by atoms with Crippen LogP contribution in [0.2, 0.25) is 0 Å². The van der Waals surface area contributed by atoms with Crippen LogP contribution >= 0.6 is 0 Å². The number of carbonyl (C=O) groups excluding carboxylic acids is 1. The number of aromatic carboxylic acids is 1. The molecular formula is C23H22N2O5. The van der Waals surface area contributed by atoms with Crippen molar-refractivity contribution in [3.05, 3.63) is 71.2 Å². The van der Waals surface area contributed by atoms with Crippen molar-refractivity contribution in [3.63, 3.8) is 0 Å². The number of Topliss-reactive ketones (excluding diaryl/α,β-unsaturated/α-hetero) is 1. The molecule has 0 aliphatic carbocycles. The maximum atomic E-state index is 12.1. The van der Waals surface area contributed by atoms with E-state index in [0.29, 0.717) is 46.7 Å². The van der Waals surface area contributed by atoms with Gasteiger partial charge >= 0.3 is 5.97 Å². The number of hydrogen-bond acceptors (Lipinski definition) is 6. The molecule has 0 amide bonds. The summed E-state index contributed by atoms with van der Waals surface area (Å²) in [6.07, 6.45) is 4.20. The van der Waals surface area contributed by atoms with Gasteiger partial charge in [0.25, 0.3) is 0 Å². The number of aromatic hydroxyl groups is 1. The topological polar surface area (TPSA) is 110 Å². The summed E-state index contributed by atoms with van der Waals surface area (Å²) in [5.74, 6) is -0.708. The minimum Gasteiger partial charge on any atom is -0.507 e. The normalized spacial score (nSPS) is 10.6. The van der Waals surface area contributed by atoms with Gasteiger partial charge in [-0.25, -0.2) is 4.79 Å². The van der Waals surface area contributed by atoms with Crippen LogP contribution in [0.4, 0.5) is 0 Å². The monoisotopic (exact) mass is 406 g/mol. The number of rotatable bonds is 8. The van der Waals surface area contributed by atoms with Gasteiger partial charge in [-0.2, -0.15) is 0 Å². The van der Waals surface area contributed by atoms with Crippen LogP contribution in [0.1, 0.15) is 51.7 Å². The highest BCUT2D eigenvalue weighted by Gasteiger charge is 2.15. The van der Waals surface area contributed by atoms with E-state index < -0.39 is 5.97 Å². The molecule has 0 radical (unpaired) electrons. The maximum Gasteiger partial charge on any atom is 0.335 e. The molecule has 0 atom stereocenters. The third kappa shape index (κ3) is 4.63. The molecule has 0 aliphatic rings. The van der Waals surface area contributed by atoms with E-state index in [2.05, 4.69) is 9.97 Å². The van der Waals surface area contributed by atoms with Gasteiger partial charge in [-0.15, -0.1) is 0 Å². The van der Waals surface area contributed by atoms with Crippen LogP contribution in [0.15, 0.2) is 48.8 Å². The predicted molar refractivity (Wildman–Crippen MR) is 111 cm³/mol. The second-order valence-electron chi connectivity index (χ2n) is 6.83. The van der Waals surface area contributed by atoms with Gasteiger partial charge in [-0.05, 0) is 37.6 Å². The summed E-state index contributed by atoms with van der Waals surface area (Å²) < 4.78 is 5.74. The van der Waals surface area contributed by atoms with Crippen molar-refractivity contribution in [1.82, 2.24) is 9.97 Å². The Hall–Kier alpha value is -3.74. The number of phenolic OH excluding ortho intramolecular Hbond substituents is 1. The van der Waals surface area contributed by atoms with Crippen molar-refractivity contribution >= 4 is 11.8 Å². The Balaban J connectivity index is 1.71. The van der Waals surface area contributed by atoms with E-state index in [1.807, 2.05) is 6.92 Å². The minimum absolute atomic E-state index is 0.0642. The molecule has 0 spiro atoms. The lowest BCUT2D eigenvalue weighted by molar-refractivity contribution is 0.0696. The summed E-state index contributed by atoms with van der Waals surface area (Å²) in [5, 5.41) is 19.4. The van der Waals surface area contributed by atoms with Gasteiger partial charge in [0.15, 0.2) is 5.78 Å². The highest BCUT2D eigenvalue weighted by molar-refractivity contribution is 5.99. The van der Waals surface area contributed by atoms with E-state index in [1.54, 1.807) is 43.6 Å². The van der Waals surface area contributed by atoms with Gasteiger partial charge in [0.05, 0.1) is 34.9 Å². The van der Waals surface area contributed by atoms with Gasteiger partial charge in [-0.3, -0.25) is 14.8 Å². The maximum absolute atomic E-state index is 12.1. The van der Waals surface area contributed by atoms with Crippen LogP contribution in [0.25, 0.3) is 11.3 Å². The van der Waals surface area contributed by atoms with Crippen LogP contribution in [0.5, 0.6) is 11.5 Å². The first kappa shape index (κ1) is 21.0. The molecule has 1 aromatic heterocycles. The van der Waals surface area contributed by atoms with Crippen LogP contribution in [-0.2, 0) is 6.61 Å². The Morgan fingerprint density at radius 2 is 1.90 bits per heavy atom. The largest absolute Gasteiger partial charge is 0.507 e. The van der Waals surface area contributed by atoms with Gasteiger partial charge < -0.3 is 14.9 Å². The van der Waals surface area contributed by atoms with Crippen molar-refractivity contribution in [1.29, 1.82) is 0 Å². The Bertz CT molecular complexity index is 1080. The van der Waals surface area contributed by atoms with E-state index in [-0.39, 0.29) is 23.7 Å². The smallest absolute Gasteiger partial charge is 0.335 e. The Kier molecular flexibility index (Phi) is 6.41. The third-order valence-corrected chi connectivity index (χ3v) is 4.64. The molecule has 7 nitrogen and oxygen atoms in total. The van der Waals surface area contributed by atoms with Crippen molar-refractivity contribution in [2.45, 2.75) is 33.3 Å². The van der Waals surface area contributed by atoms with Gasteiger partial charge in [0.2, 0.25) is 0 Å². The number of ketones is 1. The number of carbonyl (C=O) groups is 2. The average molecular weight is 406 g/mol. The zero-order valence-electron chi connectivity index (χ0n) is 16.8. The lowest BCUT2D eigenvalue weighted by atomic mass is 10.0. The Morgan fingerprint density at radius 1 is 1.10 bits per heavy atom. The second-order valence-corrected chi connectivity index (χ2v) is 6.83. The van der Waals surface area contributed by atoms with Crippen LogP contribution in [0.3, 0.4) is 0 Å². The van der Waals surface area contributed by atoms with Crippen molar-refractivity contribution in [3.8, 4) is 22.8 Å². The third-order valence-electron chi connectivity index (χ3n) is 4.64. The minimum atomic E-state index is -1.00. The SMILES string of the molecule is CCCC(=O)c1ccc(OCc2cnc(-c3cccc(C(=O)O)c3)cn2)c(C)c1O. The average Bonchev–Trinajstić information content (AvgIpc) is 2.75. The molecule has 0 saturated heterocycles. The number of aromatic nitrogens is 2. The number of hydrogen-bond donors (Lipinski definition) is 2. The lowest BCUT2D eigenvalue weighted by Crippen LogP contribution is -2.04. The quantitative estimate of drug-likeness (QED) is 0.533. The predicted octanol–water partition coefficient (Wildman–Crippen LogP) is 4.42. The van der Waals surface area contributed by atoms with E-state index >= 15 is 0 Å². The van der Waals surface area contributed by atoms with Gasteiger partial charge in [0, 0.05) is 17.5 Å². The first-order valence-electron chi connectivity index (χ1n) is 9.54. The standard InChI is InChI=1S/C23H22N2O5/c1-3-5-20(26)18-8-9-21(14(2)22(18)27)30-13-17-11-25-19(12-24-17)15-6-4-7-16(10-15)23(28)29/h4,6-12,27H,3,5,13H2,1-2H3,(H,28,29). The fourth-order valence-electron chi connectivity index (χ4n) is 2.97. The summed E-state index contributed by atoms with van der Waals surface area (Å²) in [5.41, 5.74) is 2.75. The lowest BCUT2D eigenvalue weighted by Gasteiger charge is -2.12. The second kappa shape index (κ2) is 9.17. The molecule has 7 heteroatoms. The molecule has 0 saturated carbocycles. The van der Waals surface area contributed by atoms with Crippen molar-refractivity contribution in [2.75, 3.05) is 0 Å². The molecule has 2 aromatic carbocycles. The molecule has 3 rings (SSSR count). The summed E-state index contributed by atoms with van der Waals surface area (Å²) in [6, 6.07) is 9.70. The molecule has 3 aromatic rings. The summed E-state index contributed by atoms with van der Waals surface area (Å²) in [6.45, 7) is 3.73. The molecule has 30 heavy (non-hydrogen) atoms. The number of carboxylic acids is 1. The highest BCUT2D eigenvalue weighted by Crippen LogP contribution is 2.32. The van der Waals surface area contributed by atoms with Crippen molar-refractivity contribution in [2.24, 2.45) is 0 Å². The molecule has 0 bridgehead atoms. The Morgan fingerprint density at radius 3 is 2.57 bits per heavy atom. The van der Waals surface area contributed by atoms with Gasteiger partial charge in [0.1, 0.15) is 18.1 Å². The Labute approximate surface area is 174 Å². The molecule has 0 aliphatic heterocycles. The first-order valence-corrected chi connectivity index (χ1v) is 9.54. The van der Waals surface area contributed by atoms with Crippen LogP contribution in [-0.4, -0.2) is 31.9 Å². The molecule has 0 unspecified atom stereocenters. The van der Waals surface area contributed by atoms with E-state index in [0.717, 1.165) is 0 Å². The molecule has 0 fully saturated rings. The molecule has 154 valence electrons. The number of phenols is 1. The summed E-state index contributed by atoms with van der Waals surface area (Å²) in [4.78, 5) is 31.8. The number of benzene rings is 2. The van der Waals surface area contributed by atoms with Crippen LogP contribution in [0, 0.1) is 6.92 Å². The van der Waals surface area contributed by atoms with Gasteiger partial charge in [-0.1, -0.05) is 19.1 Å². The zero-order chi connectivity index (χ0) is 21.7. The number of nitrogens with zero attached hydrogens (tertiary/aromatic N) is 2. The summed E-state index contributed by atoms with van der Waals surface area (Å²) >= 11 is 0. The highest BCUT2D eigenvalue weighted by atomic mass is 16.5. The fourth-order valence-corrected chi connectivity index (χ4v) is 2.97. The van der Waals surface area contributed by atoms with Crippen LogP contribution < -0.4 is 4.74 Å². The first-order chi connectivity index (χ1) is 14.4. The number of ether oxygens (including phenoxy) is 1. The number of carboxylic acid groups (broad SMARTS) is 1. The molecular weight excluding hydrogens is 384 g/mol. The van der Waals surface area contributed by atoms with E-state index in [9.17, 15) is 14.7 Å².